The van der Waals surface area contributed by atoms with Gasteiger partial charge in [-0.25, -0.2) is 0 Å². The molecule has 0 spiro atoms. The van der Waals surface area contributed by atoms with E-state index in [0.29, 0.717) is 10.0 Å². The van der Waals surface area contributed by atoms with Crippen molar-refractivity contribution in [3.8, 4) is 0 Å². The largest absolute Gasteiger partial charge is 0.480 e. The van der Waals surface area contributed by atoms with Crippen molar-refractivity contribution in [3.63, 3.8) is 0 Å². The predicted molar refractivity (Wildman–Crippen MR) is 72.8 cm³/mol. The molecular formula is C12H15BrN2O3. The average Bonchev–Trinajstić information content (AvgIpc) is 2.24. The van der Waals surface area contributed by atoms with E-state index in [4.69, 9.17) is 10.8 Å². The molecule has 3 N–H and O–H groups in total. The zero-order valence-electron chi connectivity index (χ0n) is 10.2. The highest BCUT2D eigenvalue weighted by atomic mass is 79.9. The van der Waals surface area contributed by atoms with Crippen molar-refractivity contribution in [2.45, 2.75) is 19.9 Å². The maximum absolute atomic E-state index is 11.1. The molecule has 0 atom stereocenters. The van der Waals surface area contributed by atoms with E-state index in [1.54, 1.807) is 23.1 Å². The van der Waals surface area contributed by atoms with E-state index in [1.165, 1.54) is 0 Å². The second-order valence-electron chi connectivity index (χ2n) is 4.14. The van der Waals surface area contributed by atoms with E-state index in [1.807, 2.05) is 13.8 Å². The summed E-state index contributed by atoms with van der Waals surface area (Å²) in [6.07, 6.45) is 0. The van der Waals surface area contributed by atoms with Crippen LogP contribution in [0, 0.1) is 0 Å². The normalized spacial score (nSPS) is 10.4. The van der Waals surface area contributed by atoms with Crippen LogP contribution in [0.25, 0.3) is 0 Å². The lowest BCUT2D eigenvalue weighted by atomic mass is 10.1. The zero-order chi connectivity index (χ0) is 13.9. The number of anilines is 1. The summed E-state index contributed by atoms with van der Waals surface area (Å²) < 4.78 is 0.559. The first-order chi connectivity index (χ1) is 8.32. The molecule has 0 bridgehead atoms. The van der Waals surface area contributed by atoms with Crippen LogP contribution in [-0.4, -0.2) is 29.6 Å². The third kappa shape index (κ3) is 3.46. The van der Waals surface area contributed by atoms with Gasteiger partial charge in [0.15, 0.2) is 0 Å². The van der Waals surface area contributed by atoms with Gasteiger partial charge in [-0.05, 0) is 48.0 Å². The fraction of sp³-hybridized carbons (Fsp3) is 0.333. The van der Waals surface area contributed by atoms with Gasteiger partial charge in [0.1, 0.15) is 6.54 Å². The lowest BCUT2D eigenvalue weighted by Gasteiger charge is -2.27. The lowest BCUT2D eigenvalue weighted by Crippen LogP contribution is -2.35. The van der Waals surface area contributed by atoms with Gasteiger partial charge in [0.05, 0.1) is 5.56 Å². The molecule has 1 aromatic carbocycles. The van der Waals surface area contributed by atoms with Gasteiger partial charge in [-0.3, -0.25) is 9.59 Å². The summed E-state index contributed by atoms with van der Waals surface area (Å²) in [5, 5.41) is 8.88. The highest BCUT2D eigenvalue weighted by Gasteiger charge is 2.16. The molecule has 5 nitrogen and oxygen atoms in total. The number of hydrogen-bond donors (Lipinski definition) is 2. The van der Waals surface area contributed by atoms with E-state index in [2.05, 4.69) is 15.9 Å². The molecule has 0 unspecified atom stereocenters. The van der Waals surface area contributed by atoms with Crippen LogP contribution in [0.5, 0.6) is 0 Å². The first kappa shape index (κ1) is 14.5. The summed E-state index contributed by atoms with van der Waals surface area (Å²) in [6.45, 7) is 3.71. The standard InChI is InChI=1S/C12H15BrN2O3/c1-7(2)15(6-11(16)17)8-3-4-9(12(14)18)10(13)5-8/h3-5,7H,6H2,1-2H3,(H2,14,18)(H,16,17). The summed E-state index contributed by atoms with van der Waals surface area (Å²) in [7, 11) is 0. The summed E-state index contributed by atoms with van der Waals surface area (Å²) in [6, 6.07) is 5.00. The maximum Gasteiger partial charge on any atom is 0.323 e. The number of benzene rings is 1. The number of hydrogen-bond acceptors (Lipinski definition) is 3. The molecule has 1 rings (SSSR count). The molecule has 0 aliphatic heterocycles. The predicted octanol–water partition coefficient (Wildman–Crippen LogP) is 1.85. The Balaban J connectivity index is 3.10. The summed E-state index contributed by atoms with van der Waals surface area (Å²) in [5.41, 5.74) is 6.30. The first-order valence-electron chi connectivity index (χ1n) is 5.40. The number of primary amides is 1. The summed E-state index contributed by atoms with van der Waals surface area (Å²) in [5.74, 6) is -1.43. The monoisotopic (exact) mass is 314 g/mol. The van der Waals surface area contributed by atoms with Crippen LogP contribution in [0.1, 0.15) is 24.2 Å². The van der Waals surface area contributed by atoms with Crippen molar-refractivity contribution in [2.75, 3.05) is 11.4 Å². The highest BCUT2D eigenvalue weighted by Crippen LogP contribution is 2.25. The molecule has 0 saturated heterocycles. The molecule has 0 radical (unpaired) electrons. The molecule has 18 heavy (non-hydrogen) atoms. The molecular weight excluding hydrogens is 300 g/mol. The topological polar surface area (TPSA) is 83.6 Å². The van der Waals surface area contributed by atoms with Gasteiger partial charge in [-0.1, -0.05) is 0 Å². The maximum atomic E-state index is 11.1. The molecule has 0 aromatic heterocycles. The number of halogens is 1. The number of carbonyl (C=O) groups is 2. The second kappa shape index (κ2) is 5.86. The molecule has 0 heterocycles. The van der Waals surface area contributed by atoms with E-state index < -0.39 is 11.9 Å². The SMILES string of the molecule is CC(C)N(CC(=O)O)c1ccc(C(N)=O)c(Br)c1. The molecule has 0 aliphatic rings. The van der Waals surface area contributed by atoms with Crippen molar-refractivity contribution < 1.29 is 14.7 Å². The van der Waals surface area contributed by atoms with Crippen LogP contribution in [-0.2, 0) is 4.79 Å². The van der Waals surface area contributed by atoms with Crippen molar-refractivity contribution in [1.82, 2.24) is 0 Å². The minimum absolute atomic E-state index is 0.0347. The van der Waals surface area contributed by atoms with Crippen molar-refractivity contribution in [3.05, 3.63) is 28.2 Å². The van der Waals surface area contributed by atoms with Crippen molar-refractivity contribution in [2.24, 2.45) is 5.73 Å². The zero-order valence-corrected chi connectivity index (χ0v) is 11.8. The smallest absolute Gasteiger partial charge is 0.323 e. The number of nitrogens with two attached hydrogens (primary N) is 1. The van der Waals surface area contributed by atoms with Gasteiger partial charge in [-0.2, -0.15) is 0 Å². The number of aliphatic carboxylic acids is 1. The quantitative estimate of drug-likeness (QED) is 0.868. The Morgan fingerprint density at radius 1 is 1.44 bits per heavy atom. The number of nitrogens with zero attached hydrogens (tertiary/aromatic N) is 1. The first-order valence-corrected chi connectivity index (χ1v) is 6.20. The minimum Gasteiger partial charge on any atom is -0.480 e. The average molecular weight is 315 g/mol. The summed E-state index contributed by atoms with van der Waals surface area (Å²) >= 11 is 3.26. The molecule has 0 aliphatic carbocycles. The highest BCUT2D eigenvalue weighted by molar-refractivity contribution is 9.10. The third-order valence-corrected chi connectivity index (χ3v) is 3.13. The minimum atomic E-state index is -0.904. The van der Waals surface area contributed by atoms with Gasteiger partial charge in [0, 0.05) is 16.2 Å². The van der Waals surface area contributed by atoms with Crippen molar-refractivity contribution in [1.29, 1.82) is 0 Å². The Bertz CT molecular complexity index is 474. The lowest BCUT2D eigenvalue weighted by molar-refractivity contribution is -0.135. The second-order valence-corrected chi connectivity index (χ2v) is 5.00. The van der Waals surface area contributed by atoms with Gasteiger partial charge in [0.2, 0.25) is 5.91 Å². The fourth-order valence-corrected chi connectivity index (χ4v) is 2.16. The number of amides is 1. The molecule has 6 heteroatoms. The van der Waals surface area contributed by atoms with Crippen LogP contribution >= 0.6 is 15.9 Å². The van der Waals surface area contributed by atoms with Crippen molar-refractivity contribution >= 4 is 33.5 Å². The summed E-state index contributed by atoms with van der Waals surface area (Å²) in [4.78, 5) is 23.6. The molecule has 98 valence electrons. The Morgan fingerprint density at radius 2 is 2.06 bits per heavy atom. The molecule has 0 fully saturated rings. The van der Waals surface area contributed by atoms with E-state index >= 15 is 0 Å². The van der Waals surface area contributed by atoms with Crippen LogP contribution in [0.2, 0.25) is 0 Å². The van der Waals surface area contributed by atoms with E-state index in [-0.39, 0.29) is 12.6 Å². The van der Waals surface area contributed by atoms with E-state index in [0.717, 1.165) is 5.69 Å². The number of rotatable bonds is 5. The van der Waals surface area contributed by atoms with Gasteiger partial charge >= 0.3 is 5.97 Å². The Labute approximate surface area is 114 Å². The van der Waals surface area contributed by atoms with Gasteiger partial charge < -0.3 is 15.7 Å². The number of carboxylic acid groups (broad SMARTS) is 1. The number of carboxylic acids is 1. The molecule has 1 amide bonds. The van der Waals surface area contributed by atoms with Crippen LogP contribution in [0.4, 0.5) is 5.69 Å². The van der Waals surface area contributed by atoms with E-state index in [9.17, 15) is 9.59 Å². The molecule has 1 aromatic rings. The molecule has 0 saturated carbocycles. The fourth-order valence-electron chi connectivity index (χ4n) is 1.60. The Hall–Kier alpha value is -1.56. The van der Waals surface area contributed by atoms with Gasteiger partial charge in [0.25, 0.3) is 0 Å². The number of carbonyl (C=O) groups excluding carboxylic acids is 1. The van der Waals surface area contributed by atoms with Crippen LogP contribution < -0.4 is 10.6 Å². The Kier molecular flexibility index (Phi) is 4.72. The van der Waals surface area contributed by atoms with Crippen LogP contribution in [0.3, 0.4) is 0 Å². The van der Waals surface area contributed by atoms with Crippen LogP contribution in [0.15, 0.2) is 22.7 Å². The Morgan fingerprint density at radius 3 is 2.44 bits per heavy atom. The van der Waals surface area contributed by atoms with Gasteiger partial charge in [-0.15, -0.1) is 0 Å². The third-order valence-electron chi connectivity index (χ3n) is 2.48.